The SMILES string of the molecule is COC(COc1ccccc1Cl)Cc1nccc2c(C)c(C)[nH]c12.Cl. The lowest BCUT2D eigenvalue weighted by Crippen LogP contribution is -2.23. The van der Waals surface area contributed by atoms with E-state index in [1.54, 1.807) is 7.11 Å². The number of pyridine rings is 1. The second-order valence-electron chi connectivity index (χ2n) is 5.86. The summed E-state index contributed by atoms with van der Waals surface area (Å²) in [5, 5.41) is 1.81. The fourth-order valence-corrected chi connectivity index (χ4v) is 2.96. The molecule has 0 fully saturated rings. The Morgan fingerprint density at radius 3 is 2.68 bits per heavy atom. The minimum atomic E-state index is -0.108. The number of hydrogen-bond acceptors (Lipinski definition) is 3. The normalized spacial score (nSPS) is 12.0. The van der Waals surface area contributed by atoms with Gasteiger partial charge in [0.15, 0.2) is 0 Å². The average molecular weight is 381 g/mol. The second-order valence-corrected chi connectivity index (χ2v) is 6.27. The summed E-state index contributed by atoms with van der Waals surface area (Å²) in [5.74, 6) is 0.666. The summed E-state index contributed by atoms with van der Waals surface area (Å²) in [6, 6.07) is 9.48. The fraction of sp³-hybridized carbons (Fsp3) is 0.316. The Morgan fingerprint density at radius 2 is 1.96 bits per heavy atom. The summed E-state index contributed by atoms with van der Waals surface area (Å²) in [7, 11) is 1.69. The van der Waals surface area contributed by atoms with E-state index in [-0.39, 0.29) is 18.5 Å². The molecule has 0 radical (unpaired) electrons. The van der Waals surface area contributed by atoms with Gasteiger partial charge in [-0.25, -0.2) is 0 Å². The Labute approximate surface area is 158 Å². The topological polar surface area (TPSA) is 47.1 Å². The van der Waals surface area contributed by atoms with Crippen LogP contribution in [-0.2, 0) is 11.2 Å². The van der Waals surface area contributed by atoms with E-state index in [1.807, 2.05) is 36.5 Å². The molecule has 3 rings (SSSR count). The molecule has 1 aromatic carbocycles. The van der Waals surface area contributed by atoms with Gasteiger partial charge >= 0.3 is 0 Å². The van der Waals surface area contributed by atoms with E-state index in [1.165, 1.54) is 16.6 Å². The first kappa shape index (κ1) is 19.6. The van der Waals surface area contributed by atoms with Crippen LogP contribution < -0.4 is 4.74 Å². The van der Waals surface area contributed by atoms with Gasteiger partial charge < -0.3 is 14.5 Å². The Balaban J connectivity index is 0.00000225. The molecule has 1 N–H and O–H groups in total. The van der Waals surface area contributed by atoms with Crippen molar-refractivity contribution >= 4 is 34.9 Å². The summed E-state index contributed by atoms with van der Waals surface area (Å²) in [6.07, 6.45) is 2.40. The first-order valence-corrected chi connectivity index (χ1v) is 8.30. The highest BCUT2D eigenvalue weighted by Gasteiger charge is 2.16. The third-order valence-corrected chi connectivity index (χ3v) is 4.64. The molecule has 6 heteroatoms. The summed E-state index contributed by atoms with van der Waals surface area (Å²) in [5.41, 5.74) is 4.49. The van der Waals surface area contributed by atoms with Gasteiger partial charge in [-0.15, -0.1) is 12.4 Å². The maximum absolute atomic E-state index is 6.13. The Morgan fingerprint density at radius 1 is 1.20 bits per heavy atom. The van der Waals surface area contributed by atoms with Crippen molar-refractivity contribution < 1.29 is 9.47 Å². The molecule has 0 saturated heterocycles. The van der Waals surface area contributed by atoms with E-state index < -0.39 is 0 Å². The number of para-hydroxylation sites is 1. The smallest absolute Gasteiger partial charge is 0.138 e. The Hall–Kier alpha value is -1.75. The highest BCUT2D eigenvalue weighted by molar-refractivity contribution is 6.32. The molecule has 0 aliphatic heterocycles. The highest BCUT2D eigenvalue weighted by atomic mass is 35.5. The van der Waals surface area contributed by atoms with Crippen LogP contribution in [0, 0.1) is 13.8 Å². The molecule has 0 saturated carbocycles. The number of aromatic nitrogens is 2. The number of fused-ring (bicyclic) bond motifs is 1. The molecule has 2 heterocycles. The number of nitrogens with one attached hydrogen (secondary N) is 1. The lowest BCUT2D eigenvalue weighted by Gasteiger charge is -2.17. The molecule has 3 aromatic rings. The lowest BCUT2D eigenvalue weighted by molar-refractivity contribution is 0.0580. The number of benzene rings is 1. The number of aryl methyl sites for hydroxylation is 2. The van der Waals surface area contributed by atoms with Gasteiger partial charge in [-0.2, -0.15) is 0 Å². The van der Waals surface area contributed by atoms with Crippen molar-refractivity contribution in [2.24, 2.45) is 0 Å². The highest BCUT2D eigenvalue weighted by Crippen LogP contribution is 2.25. The summed E-state index contributed by atoms with van der Waals surface area (Å²) < 4.78 is 11.4. The van der Waals surface area contributed by atoms with Crippen molar-refractivity contribution in [3.05, 3.63) is 58.5 Å². The number of ether oxygens (including phenoxy) is 2. The van der Waals surface area contributed by atoms with Gasteiger partial charge in [0.1, 0.15) is 12.4 Å². The van der Waals surface area contributed by atoms with Gasteiger partial charge in [-0.05, 0) is 37.6 Å². The van der Waals surface area contributed by atoms with Gasteiger partial charge in [0.25, 0.3) is 0 Å². The van der Waals surface area contributed by atoms with Crippen LogP contribution in [0.4, 0.5) is 0 Å². The van der Waals surface area contributed by atoms with Gasteiger partial charge in [0, 0.05) is 30.8 Å². The van der Waals surface area contributed by atoms with Crippen molar-refractivity contribution in [1.29, 1.82) is 0 Å². The molecule has 0 bridgehead atoms. The monoisotopic (exact) mass is 380 g/mol. The van der Waals surface area contributed by atoms with Crippen LogP contribution in [0.2, 0.25) is 5.02 Å². The van der Waals surface area contributed by atoms with E-state index in [4.69, 9.17) is 21.1 Å². The largest absolute Gasteiger partial charge is 0.489 e. The van der Waals surface area contributed by atoms with Crippen molar-refractivity contribution in [2.45, 2.75) is 26.4 Å². The number of methoxy groups -OCH3 is 1. The zero-order valence-corrected chi connectivity index (χ0v) is 16.1. The van der Waals surface area contributed by atoms with E-state index in [2.05, 4.69) is 23.8 Å². The summed E-state index contributed by atoms with van der Waals surface area (Å²) in [4.78, 5) is 7.96. The van der Waals surface area contributed by atoms with E-state index in [0.29, 0.717) is 23.8 Å². The molecule has 0 aliphatic carbocycles. The molecule has 2 aromatic heterocycles. The summed E-state index contributed by atoms with van der Waals surface area (Å²) >= 11 is 6.13. The Bertz CT molecular complexity index is 849. The molecule has 0 aliphatic rings. The minimum Gasteiger partial charge on any atom is -0.489 e. The van der Waals surface area contributed by atoms with E-state index >= 15 is 0 Å². The maximum atomic E-state index is 6.13. The molecule has 0 spiro atoms. The van der Waals surface area contributed by atoms with Crippen LogP contribution in [0.3, 0.4) is 0 Å². The second kappa shape index (κ2) is 8.56. The number of rotatable bonds is 6. The number of aromatic amines is 1. The Kier molecular flexibility index (Phi) is 6.71. The molecule has 134 valence electrons. The third kappa shape index (κ3) is 4.27. The number of hydrogen-bond donors (Lipinski definition) is 1. The predicted octanol–water partition coefficient (Wildman–Crippen LogP) is 4.89. The van der Waals surface area contributed by atoms with E-state index in [9.17, 15) is 0 Å². The molecule has 1 atom stereocenters. The van der Waals surface area contributed by atoms with Crippen LogP contribution in [0.15, 0.2) is 36.5 Å². The van der Waals surface area contributed by atoms with Gasteiger partial charge in [-0.1, -0.05) is 23.7 Å². The molecular weight excluding hydrogens is 359 g/mol. The first-order valence-electron chi connectivity index (χ1n) is 7.93. The molecule has 25 heavy (non-hydrogen) atoms. The average Bonchev–Trinajstić information content (AvgIpc) is 2.88. The standard InChI is InChI=1S/C19H21ClN2O2.ClH/c1-12-13(2)22-19-15(12)8-9-21-17(19)10-14(23-3)11-24-18-7-5-4-6-16(18)20;/h4-9,14,22H,10-11H2,1-3H3;1H. The van der Waals surface area contributed by atoms with Crippen LogP contribution in [0.1, 0.15) is 17.0 Å². The zero-order valence-electron chi connectivity index (χ0n) is 14.5. The quantitative estimate of drug-likeness (QED) is 0.661. The number of H-pyrrole nitrogens is 1. The van der Waals surface area contributed by atoms with Crippen LogP contribution >= 0.6 is 24.0 Å². The van der Waals surface area contributed by atoms with Gasteiger partial charge in [0.2, 0.25) is 0 Å². The zero-order chi connectivity index (χ0) is 17.1. The third-order valence-electron chi connectivity index (χ3n) is 4.32. The van der Waals surface area contributed by atoms with Crippen molar-refractivity contribution in [1.82, 2.24) is 9.97 Å². The van der Waals surface area contributed by atoms with Gasteiger partial charge in [-0.3, -0.25) is 4.98 Å². The van der Waals surface area contributed by atoms with E-state index in [0.717, 1.165) is 11.2 Å². The van der Waals surface area contributed by atoms with Crippen molar-refractivity contribution in [2.75, 3.05) is 13.7 Å². The summed E-state index contributed by atoms with van der Waals surface area (Å²) in [6.45, 7) is 4.61. The molecule has 0 amide bonds. The molecule has 1 unspecified atom stereocenters. The number of halogens is 2. The van der Waals surface area contributed by atoms with Crippen LogP contribution in [0.5, 0.6) is 5.75 Å². The van der Waals surface area contributed by atoms with Crippen molar-refractivity contribution in [3.63, 3.8) is 0 Å². The van der Waals surface area contributed by atoms with Crippen molar-refractivity contribution in [3.8, 4) is 5.75 Å². The predicted molar refractivity (Wildman–Crippen MR) is 104 cm³/mol. The maximum Gasteiger partial charge on any atom is 0.138 e. The van der Waals surface area contributed by atoms with Crippen LogP contribution in [0.25, 0.3) is 10.9 Å². The lowest BCUT2D eigenvalue weighted by atomic mass is 10.1. The molecule has 4 nitrogen and oxygen atoms in total. The first-order chi connectivity index (χ1) is 11.6. The van der Waals surface area contributed by atoms with Crippen LogP contribution in [-0.4, -0.2) is 29.8 Å². The fourth-order valence-electron chi connectivity index (χ4n) is 2.77. The van der Waals surface area contributed by atoms with Gasteiger partial charge in [0.05, 0.1) is 22.3 Å². The number of nitrogens with zero attached hydrogens (tertiary/aromatic N) is 1. The minimum absolute atomic E-state index is 0. The molecular formula is C19H22Cl2N2O2.